The van der Waals surface area contributed by atoms with Crippen LogP contribution < -0.4 is 5.32 Å². The Morgan fingerprint density at radius 1 is 1.17 bits per heavy atom. The lowest BCUT2D eigenvalue weighted by Crippen LogP contribution is -2.22. The predicted molar refractivity (Wildman–Crippen MR) is 123 cm³/mol. The number of aryl methyl sites for hydroxylation is 1. The number of hydrogen-bond donors (Lipinski definition) is 1. The number of anilines is 1. The number of para-hydroxylation sites is 1. The number of benzene rings is 2. The molecular formula is C22H19Cl2N3OS. The van der Waals surface area contributed by atoms with Crippen LogP contribution in [0.5, 0.6) is 0 Å². The second kappa shape index (κ2) is 9.92. The number of nitrogens with one attached hydrogen (secondary N) is 1. The highest BCUT2D eigenvalue weighted by atomic mass is 35.5. The topological polar surface area (TPSA) is 54.4 Å². The molecule has 148 valence electrons. The number of hydrogen-bond acceptors (Lipinski definition) is 4. The SMILES string of the molecule is Cc1ccc(Cl)cc1NC(=O)[C@H](C)Sc1ccccc1N=Cc1cccnc1Cl. The number of thioether (sulfide) groups is 1. The first-order valence-electron chi connectivity index (χ1n) is 8.91. The van der Waals surface area contributed by atoms with Gasteiger partial charge in [0, 0.05) is 33.6 Å². The Kier molecular flexibility index (Phi) is 7.31. The lowest BCUT2D eigenvalue weighted by atomic mass is 10.2. The normalized spacial score (nSPS) is 12.1. The monoisotopic (exact) mass is 443 g/mol. The van der Waals surface area contributed by atoms with Gasteiger partial charge in [-0.2, -0.15) is 0 Å². The Balaban J connectivity index is 1.74. The van der Waals surface area contributed by atoms with Gasteiger partial charge in [-0.25, -0.2) is 4.98 Å². The van der Waals surface area contributed by atoms with E-state index in [1.807, 2.05) is 50.2 Å². The molecule has 1 atom stereocenters. The van der Waals surface area contributed by atoms with E-state index in [-0.39, 0.29) is 11.2 Å². The van der Waals surface area contributed by atoms with E-state index in [4.69, 9.17) is 23.2 Å². The van der Waals surface area contributed by atoms with E-state index in [1.165, 1.54) is 11.8 Å². The Labute approximate surface area is 184 Å². The number of halogens is 2. The molecule has 2 aromatic carbocycles. The molecule has 0 unspecified atom stereocenters. The summed E-state index contributed by atoms with van der Waals surface area (Å²) in [5.41, 5.74) is 3.16. The maximum absolute atomic E-state index is 12.7. The van der Waals surface area contributed by atoms with Gasteiger partial charge in [0.2, 0.25) is 5.91 Å². The van der Waals surface area contributed by atoms with Crippen molar-refractivity contribution in [2.75, 3.05) is 5.32 Å². The zero-order valence-electron chi connectivity index (χ0n) is 15.9. The molecule has 0 bridgehead atoms. The summed E-state index contributed by atoms with van der Waals surface area (Å²) in [6.07, 6.45) is 3.31. The smallest absolute Gasteiger partial charge is 0.237 e. The third-order valence-electron chi connectivity index (χ3n) is 4.13. The molecular weight excluding hydrogens is 425 g/mol. The minimum atomic E-state index is -0.327. The maximum Gasteiger partial charge on any atom is 0.237 e. The lowest BCUT2D eigenvalue weighted by Gasteiger charge is -2.14. The average molecular weight is 444 g/mol. The van der Waals surface area contributed by atoms with Crippen molar-refractivity contribution in [2.24, 2.45) is 4.99 Å². The number of amides is 1. The van der Waals surface area contributed by atoms with E-state index < -0.39 is 0 Å². The molecule has 1 amide bonds. The number of pyridine rings is 1. The molecule has 0 spiro atoms. The van der Waals surface area contributed by atoms with Crippen LogP contribution in [0.25, 0.3) is 0 Å². The second-order valence-electron chi connectivity index (χ2n) is 6.32. The van der Waals surface area contributed by atoms with Gasteiger partial charge in [-0.1, -0.05) is 41.4 Å². The molecule has 4 nitrogen and oxygen atoms in total. The van der Waals surface area contributed by atoms with Crippen molar-refractivity contribution in [3.63, 3.8) is 0 Å². The fourth-order valence-electron chi connectivity index (χ4n) is 2.50. The van der Waals surface area contributed by atoms with Gasteiger partial charge >= 0.3 is 0 Å². The van der Waals surface area contributed by atoms with E-state index in [0.717, 1.165) is 21.7 Å². The minimum absolute atomic E-state index is 0.102. The van der Waals surface area contributed by atoms with Crippen molar-refractivity contribution in [2.45, 2.75) is 24.0 Å². The summed E-state index contributed by atoms with van der Waals surface area (Å²) >= 11 is 13.6. The average Bonchev–Trinajstić information content (AvgIpc) is 2.71. The van der Waals surface area contributed by atoms with Crippen LogP contribution in [0.1, 0.15) is 18.1 Å². The van der Waals surface area contributed by atoms with E-state index in [0.29, 0.717) is 15.9 Å². The molecule has 0 radical (unpaired) electrons. The van der Waals surface area contributed by atoms with E-state index in [9.17, 15) is 4.79 Å². The quantitative estimate of drug-likeness (QED) is 0.266. The Hall–Kier alpha value is -2.34. The van der Waals surface area contributed by atoms with Crippen molar-refractivity contribution in [3.8, 4) is 0 Å². The largest absolute Gasteiger partial charge is 0.325 e. The molecule has 0 saturated carbocycles. The van der Waals surface area contributed by atoms with Gasteiger partial charge in [0.05, 0.1) is 10.9 Å². The molecule has 29 heavy (non-hydrogen) atoms. The Morgan fingerprint density at radius 3 is 2.76 bits per heavy atom. The third-order valence-corrected chi connectivity index (χ3v) is 5.84. The molecule has 0 aliphatic carbocycles. The van der Waals surface area contributed by atoms with Gasteiger partial charge in [-0.15, -0.1) is 11.8 Å². The fraction of sp³-hybridized carbons (Fsp3) is 0.136. The number of aliphatic imine (C=N–C) groups is 1. The molecule has 1 heterocycles. The van der Waals surface area contributed by atoms with Gasteiger partial charge in [0.1, 0.15) is 5.15 Å². The van der Waals surface area contributed by atoms with Crippen molar-refractivity contribution in [1.29, 1.82) is 0 Å². The third kappa shape index (κ3) is 5.82. The van der Waals surface area contributed by atoms with E-state index in [1.54, 1.807) is 30.6 Å². The zero-order chi connectivity index (χ0) is 20.8. The summed E-state index contributed by atoms with van der Waals surface area (Å²) in [5.74, 6) is -0.102. The molecule has 3 aromatic rings. The van der Waals surface area contributed by atoms with Gasteiger partial charge in [-0.3, -0.25) is 9.79 Å². The first-order valence-corrected chi connectivity index (χ1v) is 10.5. The maximum atomic E-state index is 12.7. The van der Waals surface area contributed by atoms with Crippen LogP contribution >= 0.6 is 35.0 Å². The fourth-order valence-corrected chi connectivity index (χ4v) is 3.79. The summed E-state index contributed by atoms with van der Waals surface area (Å²) in [4.78, 5) is 22.2. The van der Waals surface area contributed by atoms with Crippen LogP contribution in [0.4, 0.5) is 11.4 Å². The van der Waals surface area contributed by atoms with Crippen LogP contribution in [-0.2, 0) is 4.79 Å². The van der Waals surface area contributed by atoms with Crippen molar-refractivity contribution in [3.05, 3.63) is 82.1 Å². The van der Waals surface area contributed by atoms with Crippen LogP contribution in [0.3, 0.4) is 0 Å². The van der Waals surface area contributed by atoms with E-state index in [2.05, 4.69) is 15.3 Å². The number of rotatable bonds is 6. The zero-order valence-corrected chi connectivity index (χ0v) is 18.2. The summed E-state index contributed by atoms with van der Waals surface area (Å²) in [6, 6.07) is 16.7. The first-order chi connectivity index (χ1) is 13.9. The highest BCUT2D eigenvalue weighted by molar-refractivity contribution is 8.00. The highest BCUT2D eigenvalue weighted by Gasteiger charge is 2.17. The van der Waals surface area contributed by atoms with Gasteiger partial charge in [-0.05, 0) is 55.8 Å². The molecule has 0 aliphatic heterocycles. The molecule has 0 fully saturated rings. The van der Waals surface area contributed by atoms with Crippen LogP contribution in [0.15, 0.2) is 70.7 Å². The molecule has 3 rings (SSSR count). The van der Waals surface area contributed by atoms with Crippen LogP contribution in [0, 0.1) is 6.92 Å². The van der Waals surface area contributed by atoms with Crippen LogP contribution in [0.2, 0.25) is 10.2 Å². The van der Waals surface area contributed by atoms with Gasteiger partial charge in [0.15, 0.2) is 0 Å². The molecule has 1 aromatic heterocycles. The molecule has 0 saturated heterocycles. The van der Waals surface area contributed by atoms with Gasteiger partial charge < -0.3 is 5.32 Å². The molecule has 1 N–H and O–H groups in total. The Morgan fingerprint density at radius 2 is 1.97 bits per heavy atom. The van der Waals surface area contributed by atoms with Crippen molar-refractivity contribution >= 4 is 58.5 Å². The van der Waals surface area contributed by atoms with Crippen LogP contribution in [-0.4, -0.2) is 22.4 Å². The highest BCUT2D eigenvalue weighted by Crippen LogP contribution is 2.33. The number of nitrogens with zero attached hydrogens (tertiary/aromatic N) is 2. The number of carbonyl (C=O) groups excluding carboxylic acids is 1. The minimum Gasteiger partial charge on any atom is -0.325 e. The van der Waals surface area contributed by atoms with Crippen molar-refractivity contribution < 1.29 is 4.79 Å². The summed E-state index contributed by atoms with van der Waals surface area (Å²) in [6.45, 7) is 3.79. The lowest BCUT2D eigenvalue weighted by molar-refractivity contribution is -0.115. The first kappa shape index (κ1) is 21.4. The summed E-state index contributed by atoms with van der Waals surface area (Å²) < 4.78 is 0. The molecule has 0 aliphatic rings. The Bertz CT molecular complexity index is 1060. The number of aromatic nitrogens is 1. The summed E-state index contributed by atoms with van der Waals surface area (Å²) in [7, 11) is 0. The van der Waals surface area contributed by atoms with Crippen molar-refractivity contribution in [1.82, 2.24) is 4.98 Å². The van der Waals surface area contributed by atoms with Gasteiger partial charge in [0.25, 0.3) is 0 Å². The summed E-state index contributed by atoms with van der Waals surface area (Å²) in [5, 5.41) is 3.60. The number of carbonyl (C=O) groups is 1. The molecule has 7 heteroatoms. The predicted octanol–water partition coefficient (Wildman–Crippen LogP) is 6.57. The van der Waals surface area contributed by atoms with E-state index >= 15 is 0 Å². The standard InChI is InChI=1S/C22H19Cl2N3OS/c1-14-9-10-17(23)12-19(14)27-22(28)15(2)29-20-8-4-3-7-18(20)26-13-16-6-5-11-25-21(16)24/h3-13,15H,1-2H3,(H,27,28)/t15-/m0/s1. The second-order valence-corrected chi connectivity index (χ2v) is 8.50.